The molecule has 0 amide bonds. The van der Waals surface area contributed by atoms with E-state index in [4.69, 9.17) is 11.6 Å². The largest absolute Gasteiger partial charge is 0.0840 e. The van der Waals surface area contributed by atoms with Crippen molar-refractivity contribution in [2.45, 2.75) is 6.42 Å². The molecule has 0 aliphatic rings. The molecule has 0 bridgehead atoms. The van der Waals surface area contributed by atoms with Gasteiger partial charge in [0.15, 0.2) is 0 Å². The molecule has 0 aliphatic carbocycles. The molecule has 1 heteroatoms. The SMILES string of the molecule is Cl/C(=C/Cc1ccccc1)c1ccccc1. The highest BCUT2D eigenvalue weighted by Crippen LogP contribution is 2.19. The van der Waals surface area contributed by atoms with Gasteiger partial charge in [-0.25, -0.2) is 0 Å². The Labute approximate surface area is 101 Å². The Bertz CT molecular complexity index is 457. The van der Waals surface area contributed by atoms with Crippen LogP contribution in [0.2, 0.25) is 0 Å². The summed E-state index contributed by atoms with van der Waals surface area (Å²) in [5.74, 6) is 0. The van der Waals surface area contributed by atoms with Crippen LogP contribution in [0.3, 0.4) is 0 Å². The van der Waals surface area contributed by atoms with Gasteiger partial charge in [0.1, 0.15) is 0 Å². The van der Waals surface area contributed by atoms with E-state index >= 15 is 0 Å². The molecule has 0 aromatic heterocycles. The maximum absolute atomic E-state index is 6.22. The van der Waals surface area contributed by atoms with Crippen molar-refractivity contribution >= 4 is 16.6 Å². The lowest BCUT2D eigenvalue weighted by Crippen LogP contribution is -1.81. The minimum Gasteiger partial charge on any atom is -0.0840 e. The predicted octanol–water partition coefficient (Wildman–Crippen LogP) is 4.51. The Morgan fingerprint density at radius 2 is 1.44 bits per heavy atom. The van der Waals surface area contributed by atoms with Gasteiger partial charge in [-0.3, -0.25) is 0 Å². The minimum absolute atomic E-state index is 0.810. The van der Waals surface area contributed by atoms with E-state index in [9.17, 15) is 0 Å². The molecule has 0 heterocycles. The maximum Gasteiger partial charge on any atom is 0.0441 e. The van der Waals surface area contributed by atoms with Gasteiger partial charge >= 0.3 is 0 Å². The van der Waals surface area contributed by atoms with E-state index in [1.54, 1.807) is 0 Å². The summed E-state index contributed by atoms with van der Waals surface area (Å²) in [6, 6.07) is 20.3. The van der Waals surface area contributed by atoms with E-state index in [-0.39, 0.29) is 0 Å². The summed E-state index contributed by atoms with van der Waals surface area (Å²) in [4.78, 5) is 0. The number of rotatable bonds is 3. The Balaban J connectivity index is 2.09. The Kier molecular flexibility index (Phi) is 3.79. The summed E-state index contributed by atoms with van der Waals surface area (Å²) in [6.45, 7) is 0. The molecule has 0 nitrogen and oxygen atoms in total. The zero-order valence-corrected chi connectivity index (χ0v) is 9.69. The second-order valence-corrected chi connectivity index (χ2v) is 4.02. The van der Waals surface area contributed by atoms with E-state index in [1.165, 1.54) is 5.56 Å². The molecule has 0 atom stereocenters. The summed E-state index contributed by atoms with van der Waals surface area (Å²) in [6.07, 6.45) is 2.92. The van der Waals surface area contributed by atoms with Crippen molar-refractivity contribution in [3.8, 4) is 0 Å². The number of halogens is 1. The van der Waals surface area contributed by atoms with Crippen LogP contribution in [0, 0.1) is 0 Å². The lowest BCUT2D eigenvalue weighted by Gasteiger charge is -1.99. The number of hydrogen-bond acceptors (Lipinski definition) is 0. The van der Waals surface area contributed by atoms with Crippen molar-refractivity contribution in [1.29, 1.82) is 0 Å². The first-order valence-electron chi connectivity index (χ1n) is 5.31. The van der Waals surface area contributed by atoms with Crippen molar-refractivity contribution in [2.75, 3.05) is 0 Å². The van der Waals surface area contributed by atoms with Crippen LogP contribution in [0.25, 0.3) is 5.03 Å². The van der Waals surface area contributed by atoms with Crippen molar-refractivity contribution in [3.63, 3.8) is 0 Å². The first-order valence-corrected chi connectivity index (χ1v) is 5.69. The fourth-order valence-electron chi connectivity index (χ4n) is 1.54. The van der Waals surface area contributed by atoms with Crippen LogP contribution in [0.5, 0.6) is 0 Å². The molecule has 2 aromatic rings. The van der Waals surface area contributed by atoms with Crippen LogP contribution in [-0.4, -0.2) is 0 Å². The number of allylic oxidation sites excluding steroid dienone is 1. The van der Waals surface area contributed by atoms with Crippen molar-refractivity contribution in [1.82, 2.24) is 0 Å². The third kappa shape index (κ3) is 2.98. The van der Waals surface area contributed by atoms with Gasteiger partial charge in [0.2, 0.25) is 0 Å². The highest BCUT2D eigenvalue weighted by Gasteiger charge is 1.96. The molecular formula is C15H13Cl. The summed E-state index contributed by atoms with van der Waals surface area (Å²) in [7, 11) is 0. The standard InChI is InChI=1S/C15H13Cl/c16-15(14-9-5-2-6-10-14)12-11-13-7-3-1-4-8-13/h1-10,12H,11H2/b15-12+. The van der Waals surface area contributed by atoms with Crippen molar-refractivity contribution in [2.24, 2.45) is 0 Å². The first-order chi connectivity index (χ1) is 7.86. The summed E-state index contributed by atoms with van der Waals surface area (Å²) >= 11 is 6.22. The van der Waals surface area contributed by atoms with Crippen molar-refractivity contribution < 1.29 is 0 Å². The molecule has 0 aliphatic heterocycles. The molecule has 2 aromatic carbocycles. The van der Waals surface area contributed by atoms with E-state index < -0.39 is 0 Å². The molecule has 2 rings (SSSR count). The molecule has 0 spiro atoms. The average molecular weight is 229 g/mol. The van der Waals surface area contributed by atoms with Gasteiger partial charge in [-0.05, 0) is 17.5 Å². The maximum atomic E-state index is 6.22. The highest BCUT2D eigenvalue weighted by atomic mass is 35.5. The zero-order chi connectivity index (χ0) is 11.2. The second kappa shape index (κ2) is 5.53. The predicted molar refractivity (Wildman–Crippen MR) is 70.4 cm³/mol. The van der Waals surface area contributed by atoms with Gasteiger partial charge < -0.3 is 0 Å². The Morgan fingerprint density at radius 3 is 2.06 bits per heavy atom. The monoisotopic (exact) mass is 228 g/mol. The topological polar surface area (TPSA) is 0 Å². The Morgan fingerprint density at radius 1 is 0.875 bits per heavy atom. The fourth-order valence-corrected chi connectivity index (χ4v) is 1.74. The molecule has 0 unspecified atom stereocenters. The minimum atomic E-state index is 0.810. The second-order valence-electron chi connectivity index (χ2n) is 3.61. The van der Waals surface area contributed by atoms with Gasteiger partial charge in [-0.1, -0.05) is 78.3 Å². The van der Waals surface area contributed by atoms with E-state index in [2.05, 4.69) is 12.1 Å². The average Bonchev–Trinajstić information content (AvgIpc) is 2.38. The normalized spacial score (nSPS) is 11.4. The zero-order valence-electron chi connectivity index (χ0n) is 8.94. The van der Waals surface area contributed by atoms with E-state index in [0.717, 1.165) is 17.0 Å². The summed E-state index contributed by atoms with van der Waals surface area (Å²) < 4.78 is 0. The lowest BCUT2D eigenvalue weighted by molar-refractivity contribution is 1.28. The quantitative estimate of drug-likeness (QED) is 0.725. The van der Waals surface area contributed by atoms with Crippen LogP contribution in [0.1, 0.15) is 11.1 Å². The Hall–Kier alpha value is -1.53. The molecule has 0 fully saturated rings. The molecule has 16 heavy (non-hydrogen) atoms. The van der Waals surface area contributed by atoms with Gasteiger partial charge in [0.05, 0.1) is 0 Å². The molecule has 0 N–H and O–H groups in total. The molecule has 0 saturated carbocycles. The molecular weight excluding hydrogens is 216 g/mol. The molecule has 0 saturated heterocycles. The highest BCUT2D eigenvalue weighted by molar-refractivity contribution is 6.48. The molecule has 80 valence electrons. The number of benzene rings is 2. The molecule has 0 radical (unpaired) electrons. The summed E-state index contributed by atoms with van der Waals surface area (Å²) in [5.41, 5.74) is 2.34. The number of hydrogen-bond donors (Lipinski definition) is 0. The smallest absolute Gasteiger partial charge is 0.0441 e. The first kappa shape index (κ1) is 11.0. The third-order valence-electron chi connectivity index (χ3n) is 2.41. The lowest BCUT2D eigenvalue weighted by atomic mass is 10.1. The fraction of sp³-hybridized carbons (Fsp3) is 0.0667. The van der Waals surface area contributed by atoms with Crippen LogP contribution in [0.15, 0.2) is 66.7 Å². The van der Waals surface area contributed by atoms with Gasteiger partial charge in [0.25, 0.3) is 0 Å². The van der Waals surface area contributed by atoms with Crippen LogP contribution >= 0.6 is 11.6 Å². The third-order valence-corrected chi connectivity index (χ3v) is 2.78. The van der Waals surface area contributed by atoms with Gasteiger partial charge in [-0.2, -0.15) is 0 Å². The van der Waals surface area contributed by atoms with E-state index in [0.29, 0.717) is 0 Å². The van der Waals surface area contributed by atoms with Gasteiger partial charge in [0, 0.05) is 5.03 Å². The van der Waals surface area contributed by atoms with Crippen LogP contribution < -0.4 is 0 Å². The van der Waals surface area contributed by atoms with E-state index in [1.807, 2.05) is 54.6 Å². The van der Waals surface area contributed by atoms with Crippen LogP contribution in [-0.2, 0) is 6.42 Å². The van der Waals surface area contributed by atoms with Crippen molar-refractivity contribution in [3.05, 3.63) is 77.9 Å². The summed E-state index contributed by atoms with van der Waals surface area (Å²) in [5, 5.41) is 0.810. The van der Waals surface area contributed by atoms with Crippen LogP contribution in [0.4, 0.5) is 0 Å². The van der Waals surface area contributed by atoms with Gasteiger partial charge in [-0.15, -0.1) is 0 Å².